The number of rotatable bonds is 4. The van der Waals surface area contributed by atoms with Crippen molar-refractivity contribution in [2.24, 2.45) is 17.1 Å². The van der Waals surface area contributed by atoms with Crippen LogP contribution in [0.25, 0.3) is 0 Å². The Bertz CT molecular complexity index is 221. The van der Waals surface area contributed by atoms with Crippen molar-refractivity contribution in [3.63, 3.8) is 0 Å². The molecule has 2 rings (SSSR count). The molecule has 2 nitrogen and oxygen atoms in total. The fraction of sp³-hybridized carbons (Fsp3) is 1.00. The van der Waals surface area contributed by atoms with E-state index < -0.39 is 0 Å². The van der Waals surface area contributed by atoms with Crippen molar-refractivity contribution in [1.29, 1.82) is 0 Å². The monoisotopic (exact) mass is 238 g/mol. The summed E-state index contributed by atoms with van der Waals surface area (Å²) < 4.78 is 0. The van der Waals surface area contributed by atoms with Crippen LogP contribution in [0.4, 0.5) is 0 Å². The number of nitrogens with two attached hydrogens (primary N) is 1. The highest BCUT2D eigenvalue weighted by Crippen LogP contribution is 2.38. The lowest BCUT2D eigenvalue weighted by Gasteiger charge is -2.39. The van der Waals surface area contributed by atoms with Crippen molar-refractivity contribution in [2.45, 2.75) is 58.3 Å². The van der Waals surface area contributed by atoms with Gasteiger partial charge in [-0.05, 0) is 63.1 Å². The number of nitrogens with zero attached hydrogens (tertiary/aromatic N) is 1. The van der Waals surface area contributed by atoms with Crippen LogP contribution in [-0.4, -0.2) is 31.1 Å². The first-order chi connectivity index (χ1) is 8.24. The van der Waals surface area contributed by atoms with Gasteiger partial charge in [-0.25, -0.2) is 0 Å². The molecule has 2 N–H and O–H groups in total. The van der Waals surface area contributed by atoms with Gasteiger partial charge in [0.1, 0.15) is 0 Å². The lowest BCUT2D eigenvalue weighted by atomic mass is 9.72. The molecular weight excluding hydrogens is 208 g/mol. The molecule has 17 heavy (non-hydrogen) atoms. The van der Waals surface area contributed by atoms with Crippen LogP contribution < -0.4 is 5.73 Å². The molecule has 1 aliphatic heterocycles. The molecular formula is C15H30N2. The molecule has 1 atom stereocenters. The van der Waals surface area contributed by atoms with E-state index >= 15 is 0 Å². The Kier molecular flexibility index (Phi) is 4.87. The number of hydrogen-bond acceptors (Lipinski definition) is 2. The molecule has 0 radical (unpaired) electrons. The summed E-state index contributed by atoms with van der Waals surface area (Å²) in [6.07, 6.45) is 11.2. The zero-order valence-electron chi connectivity index (χ0n) is 11.6. The molecule has 2 aliphatic rings. The van der Waals surface area contributed by atoms with Crippen molar-refractivity contribution in [3.8, 4) is 0 Å². The first-order valence-electron chi connectivity index (χ1n) is 7.66. The van der Waals surface area contributed by atoms with Crippen LogP contribution in [-0.2, 0) is 0 Å². The zero-order chi connectivity index (χ0) is 12.1. The Morgan fingerprint density at radius 1 is 1.18 bits per heavy atom. The summed E-state index contributed by atoms with van der Waals surface area (Å²) in [6.45, 7) is 7.25. The van der Waals surface area contributed by atoms with E-state index in [0.717, 1.165) is 12.5 Å². The Hall–Kier alpha value is -0.0800. The normalized spacial score (nSPS) is 30.4. The Balaban J connectivity index is 1.78. The molecule has 1 saturated carbocycles. The van der Waals surface area contributed by atoms with Gasteiger partial charge in [0.2, 0.25) is 0 Å². The minimum absolute atomic E-state index is 0.499. The standard InChI is InChI=1S/C15H30N2/c1-14-6-5-10-17(12-14)11-9-15(13-16)7-3-2-4-8-15/h14H,2-13,16H2,1H3. The van der Waals surface area contributed by atoms with Gasteiger partial charge in [-0.3, -0.25) is 0 Å². The molecule has 2 fully saturated rings. The number of hydrogen-bond donors (Lipinski definition) is 1. The lowest BCUT2D eigenvalue weighted by Crippen LogP contribution is -2.40. The summed E-state index contributed by atoms with van der Waals surface area (Å²) in [4.78, 5) is 2.68. The second-order valence-electron chi connectivity index (χ2n) is 6.56. The van der Waals surface area contributed by atoms with E-state index in [1.807, 2.05) is 0 Å². The van der Waals surface area contributed by atoms with E-state index in [2.05, 4.69) is 11.8 Å². The second-order valence-corrected chi connectivity index (χ2v) is 6.56. The maximum absolute atomic E-state index is 6.06. The Labute approximate surface area is 107 Å². The predicted molar refractivity (Wildman–Crippen MR) is 74.0 cm³/mol. The number of likely N-dealkylation sites (tertiary alicyclic amines) is 1. The quantitative estimate of drug-likeness (QED) is 0.816. The van der Waals surface area contributed by atoms with Crippen LogP contribution in [0.15, 0.2) is 0 Å². The van der Waals surface area contributed by atoms with Crippen LogP contribution in [0.2, 0.25) is 0 Å². The highest BCUT2D eigenvalue weighted by atomic mass is 15.1. The van der Waals surface area contributed by atoms with Crippen molar-refractivity contribution in [2.75, 3.05) is 26.2 Å². The summed E-state index contributed by atoms with van der Waals surface area (Å²) in [5.41, 5.74) is 6.56. The van der Waals surface area contributed by atoms with Crippen LogP contribution >= 0.6 is 0 Å². The van der Waals surface area contributed by atoms with Gasteiger partial charge in [0.25, 0.3) is 0 Å². The number of piperidine rings is 1. The summed E-state index contributed by atoms with van der Waals surface area (Å²) in [5, 5.41) is 0. The molecule has 100 valence electrons. The van der Waals surface area contributed by atoms with E-state index in [-0.39, 0.29) is 0 Å². The molecule has 0 bridgehead atoms. The first-order valence-corrected chi connectivity index (χ1v) is 7.66. The van der Waals surface area contributed by atoms with Gasteiger partial charge in [-0.15, -0.1) is 0 Å². The second kappa shape index (κ2) is 6.19. The molecule has 1 heterocycles. The summed E-state index contributed by atoms with van der Waals surface area (Å²) >= 11 is 0. The molecule has 1 aliphatic carbocycles. The van der Waals surface area contributed by atoms with Crippen LogP contribution in [0.3, 0.4) is 0 Å². The smallest absolute Gasteiger partial charge is 0.000703 e. The predicted octanol–water partition coefficient (Wildman–Crippen LogP) is 3.02. The topological polar surface area (TPSA) is 29.3 Å². The van der Waals surface area contributed by atoms with Gasteiger partial charge in [-0.2, -0.15) is 0 Å². The third kappa shape index (κ3) is 3.69. The van der Waals surface area contributed by atoms with E-state index in [4.69, 9.17) is 5.73 Å². The van der Waals surface area contributed by atoms with Crippen LogP contribution in [0, 0.1) is 11.3 Å². The van der Waals surface area contributed by atoms with E-state index in [1.165, 1.54) is 71.0 Å². The van der Waals surface area contributed by atoms with Gasteiger partial charge >= 0.3 is 0 Å². The largest absolute Gasteiger partial charge is 0.330 e. The fourth-order valence-corrected chi connectivity index (χ4v) is 3.74. The van der Waals surface area contributed by atoms with E-state index in [1.54, 1.807) is 0 Å². The summed E-state index contributed by atoms with van der Waals surface area (Å²) in [5.74, 6) is 0.906. The third-order valence-corrected chi connectivity index (χ3v) is 5.05. The van der Waals surface area contributed by atoms with Gasteiger partial charge in [0.15, 0.2) is 0 Å². The molecule has 0 spiro atoms. The SMILES string of the molecule is CC1CCCN(CCC2(CN)CCCCC2)C1. The average Bonchev–Trinajstić information content (AvgIpc) is 2.38. The van der Waals surface area contributed by atoms with E-state index in [0.29, 0.717) is 5.41 Å². The van der Waals surface area contributed by atoms with E-state index in [9.17, 15) is 0 Å². The maximum Gasteiger partial charge on any atom is 0.000703 e. The minimum atomic E-state index is 0.499. The van der Waals surface area contributed by atoms with Crippen molar-refractivity contribution < 1.29 is 0 Å². The van der Waals surface area contributed by atoms with Crippen LogP contribution in [0.1, 0.15) is 58.3 Å². The van der Waals surface area contributed by atoms with Gasteiger partial charge in [-0.1, -0.05) is 26.2 Å². The Morgan fingerprint density at radius 3 is 2.59 bits per heavy atom. The summed E-state index contributed by atoms with van der Waals surface area (Å²) in [6, 6.07) is 0. The van der Waals surface area contributed by atoms with Crippen LogP contribution in [0.5, 0.6) is 0 Å². The molecule has 0 aromatic carbocycles. The van der Waals surface area contributed by atoms with Crippen molar-refractivity contribution in [1.82, 2.24) is 4.90 Å². The molecule has 0 amide bonds. The lowest BCUT2D eigenvalue weighted by molar-refractivity contribution is 0.122. The molecule has 1 unspecified atom stereocenters. The van der Waals surface area contributed by atoms with Gasteiger partial charge in [0, 0.05) is 6.54 Å². The summed E-state index contributed by atoms with van der Waals surface area (Å²) in [7, 11) is 0. The fourth-order valence-electron chi connectivity index (χ4n) is 3.74. The molecule has 1 saturated heterocycles. The van der Waals surface area contributed by atoms with Crippen molar-refractivity contribution in [3.05, 3.63) is 0 Å². The highest BCUT2D eigenvalue weighted by Gasteiger charge is 2.31. The molecule has 0 aromatic heterocycles. The molecule has 0 aromatic rings. The third-order valence-electron chi connectivity index (χ3n) is 5.05. The first kappa shape index (κ1) is 13.4. The molecule has 2 heteroatoms. The highest BCUT2D eigenvalue weighted by molar-refractivity contribution is 4.85. The zero-order valence-corrected chi connectivity index (χ0v) is 11.6. The average molecular weight is 238 g/mol. The Morgan fingerprint density at radius 2 is 1.94 bits per heavy atom. The van der Waals surface area contributed by atoms with Crippen molar-refractivity contribution >= 4 is 0 Å². The maximum atomic E-state index is 6.06. The minimum Gasteiger partial charge on any atom is -0.330 e. The van der Waals surface area contributed by atoms with Gasteiger partial charge in [0.05, 0.1) is 0 Å². The van der Waals surface area contributed by atoms with Gasteiger partial charge < -0.3 is 10.6 Å².